The van der Waals surface area contributed by atoms with Gasteiger partial charge in [0, 0.05) is 78.3 Å². The molecule has 0 radical (unpaired) electrons. The summed E-state index contributed by atoms with van der Waals surface area (Å²) < 4.78 is 32.0. The van der Waals surface area contributed by atoms with Crippen LogP contribution in [0.5, 0.6) is 0 Å². The molecule has 10 nitrogen and oxygen atoms in total. The van der Waals surface area contributed by atoms with Gasteiger partial charge in [0.1, 0.15) is 23.3 Å². The Morgan fingerprint density at radius 2 is 1.38 bits per heavy atom. The lowest BCUT2D eigenvalue weighted by molar-refractivity contribution is -0.130. The van der Waals surface area contributed by atoms with Crippen LogP contribution in [-0.4, -0.2) is 77.0 Å². The number of carbonyl (C=O) groups excluding carboxylic acids is 1. The Morgan fingerprint density at radius 3 is 1.89 bits per heavy atom. The zero-order valence-corrected chi connectivity index (χ0v) is 33.4. The van der Waals surface area contributed by atoms with E-state index in [0.29, 0.717) is 36.0 Å². The molecule has 4 saturated heterocycles. The highest BCUT2D eigenvalue weighted by molar-refractivity contribution is 7.10. The molecule has 13 heteroatoms. The Labute approximate surface area is 318 Å². The third kappa shape index (κ3) is 8.57. The number of aryl methyl sites for hydroxylation is 2. The highest BCUT2D eigenvalue weighted by atomic mass is 32.1. The second kappa shape index (κ2) is 16.1. The van der Waals surface area contributed by atoms with Gasteiger partial charge in [-0.3, -0.25) is 9.69 Å². The van der Waals surface area contributed by atoms with Crippen molar-refractivity contribution in [3.8, 4) is 0 Å². The van der Waals surface area contributed by atoms with Gasteiger partial charge in [-0.05, 0) is 95.9 Å². The molecule has 292 valence electrons. The lowest BCUT2D eigenvalue weighted by Gasteiger charge is -2.40. The van der Waals surface area contributed by atoms with Crippen molar-refractivity contribution in [3.63, 3.8) is 0 Å². The molecule has 4 bridgehead atoms. The van der Waals surface area contributed by atoms with E-state index in [1.807, 2.05) is 11.4 Å². The number of alkyl halides is 2. The van der Waals surface area contributed by atoms with E-state index in [-0.39, 0.29) is 43.6 Å². The standard InChI is InChI=1S/C27H39F2N5OS.C13H22N4/c1-17(2)25-32-31-18(3)34(25)22-15-20-6-7-21(16-22)33(20)13-10-23(24-5-4-14-36-24)30-26(35)19-8-11-27(28,29)12-9-19;1-8(2)13-16-15-9(3)17(13)12-6-10-4-5-11(7-12)14-10/h4-5,14,17,19-23H,6-13,15-16H2,1-3H3,(H,30,35);8,10-12,14H,4-7H2,1-3H3. The molecular weight excluding hydrogens is 693 g/mol. The van der Waals surface area contributed by atoms with Crippen LogP contribution in [0.4, 0.5) is 8.78 Å². The predicted molar refractivity (Wildman–Crippen MR) is 204 cm³/mol. The number of piperidine rings is 2. The Kier molecular flexibility index (Phi) is 11.7. The predicted octanol–water partition coefficient (Wildman–Crippen LogP) is 8.18. The SMILES string of the molecule is Cc1nnc(C(C)C)n1C1CC2CCC(C1)N2.Cc1nnc(C(C)C)n1C1CC2CCC(C1)N2CCC(NC(=O)C1CCC(F)(F)CC1)c1cccs1. The normalized spacial score (nSPS) is 29.0. The first-order valence-electron chi connectivity index (χ1n) is 20.4. The van der Waals surface area contributed by atoms with Gasteiger partial charge in [0.2, 0.25) is 11.8 Å². The van der Waals surface area contributed by atoms with Crippen molar-refractivity contribution in [1.29, 1.82) is 0 Å². The molecule has 8 rings (SSSR count). The molecule has 2 N–H and O–H groups in total. The van der Waals surface area contributed by atoms with Crippen LogP contribution in [0.1, 0.15) is 169 Å². The van der Waals surface area contributed by atoms with Crippen molar-refractivity contribution < 1.29 is 13.6 Å². The molecular formula is C40H61F2N9OS. The van der Waals surface area contributed by atoms with E-state index in [2.05, 4.69) is 92.7 Å². The van der Waals surface area contributed by atoms with E-state index in [4.69, 9.17) is 0 Å². The van der Waals surface area contributed by atoms with Crippen molar-refractivity contribution >= 4 is 17.2 Å². The molecule has 7 heterocycles. The minimum atomic E-state index is -2.61. The number of hydrogen-bond acceptors (Lipinski definition) is 8. The van der Waals surface area contributed by atoms with Crippen molar-refractivity contribution in [1.82, 2.24) is 45.1 Å². The summed E-state index contributed by atoms with van der Waals surface area (Å²) in [4.78, 5) is 16.8. The minimum Gasteiger partial charge on any atom is -0.348 e. The molecule has 53 heavy (non-hydrogen) atoms. The summed E-state index contributed by atoms with van der Waals surface area (Å²) in [6.45, 7) is 13.9. The molecule has 5 atom stereocenters. The number of amides is 1. The maximum absolute atomic E-state index is 13.6. The van der Waals surface area contributed by atoms with Crippen LogP contribution in [-0.2, 0) is 4.79 Å². The summed E-state index contributed by atoms with van der Waals surface area (Å²) in [6, 6.07) is 7.61. The van der Waals surface area contributed by atoms with E-state index in [9.17, 15) is 13.6 Å². The molecule has 3 aromatic heterocycles. The van der Waals surface area contributed by atoms with Crippen LogP contribution in [0.2, 0.25) is 0 Å². The first kappa shape index (κ1) is 38.5. The number of nitrogens with zero attached hydrogens (tertiary/aromatic N) is 7. The number of hydrogen-bond donors (Lipinski definition) is 2. The van der Waals surface area contributed by atoms with Gasteiger partial charge < -0.3 is 19.8 Å². The summed E-state index contributed by atoms with van der Waals surface area (Å²) in [5, 5.41) is 26.5. The van der Waals surface area contributed by atoms with E-state index < -0.39 is 5.92 Å². The van der Waals surface area contributed by atoms with Crippen molar-refractivity contribution in [2.24, 2.45) is 5.92 Å². The van der Waals surface area contributed by atoms with E-state index in [0.717, 1.165) is 66.1 Å². The van der Waals surface area contributed by atoms with Gasteiger partial charge in [-0.15, -0.1) is 31.7 Å². The monoisotopic (exact) mass is 753 g/mol. The highest BCUT2D eigenvalue weighted by Gasteiger charge is 2.43. The molecule has 3 aromatic rings. The average Bonchev–Trinajstić information content (AvgIpc) is 3.96. The molecule has 4 aliphatic heterocycles. The largest absolute Gasteiger partial charge is 0.348 e. The van der Waals surface area contributed by atoms with E-state index in [1.54, 1.807) is 11.3 Å². The number of aromatic nitrogens is 6. The van der Waals surface area contributed by atoms with Crippen molar-refractivity contribution in [3.05, 3.63) is 45.7 Å². The lowest BCUT2D eigenvalue weighted by atomic mass is 9.86. The van der Waals surface area contributed by atoms with Crippen LogP contribution in [0, 0.1) is 19.8 Å². The number of halogens is 2. The number of carbonyl (C=O) groups is 1. The third-order valence-electron chi connectivity index (χ3n) is 12.8. The Bertz CT molecular complexity index is 1640. The summed E-state index contributed by atoms with van der Waals surface area (Å²) in [5.74, 6) is 2.18. The van der Waals surface area contributed by atoms with Gasteiger partial charge in [0.05, 0.1) is 6.04 Å². The molecule has 1 aliphatic carbocycles. The van der Waals surface area contributed by atoms with Gasteiger partial charge in [0.15, 0.2) is 0 Å². The van der Waals surface area contributed by atoms with E-state index in [1.165, 1.54) is 38.5 Å². The second-order valence-corrected chi connectivity index (χ2v) is 18.2. The molecule has 5 unspecified atom stereocenters. The van der Waals surface area contributed by atoms with Crippen LogP contribution >= 0.6 is 11.3 Å². The Morgan fingerprint density at radius 1 is 0.830 bits per heavy atom. The number of rotatable bonds is 10. The third-order valence-corrected chi connectivity index (χ3v) is 13.8. The molecule has 0 spiro atoms. The molecule has 1 saturated carbocycles. The number of fused-ring (bicyclic) bond motifs is 4. The van der Waals surface area contributed by atoms with Crippen LogP contribution in [0.15, 0.2) is 17.5 Å². The van der Waals surface area contributed by atoms with Gasteiger partial charge in [-0.1, -0.05) is 33.8 Å². The van der Waals surface area contributed by atoms with Gasteiger partial charge >= 0.3 is 0 Å². The quantitative estimate of drug-likeness (QED) is 0.215. The highest BCUT2D eigenvalue weighted by Crippen LogP contribution is 2.43. The lowest BCUT2D eigenvalue weighted by Crippen LogP contribution is -2.45. The summed E-state index contributed by atoms with van der Waals surface area (Å²) in [5.41, 5.74) is 0. The van der Waals surface area contributed by atoms with Gasteiger partial charge in [-0.2, -0.15) is 0 Å². The summed E-state index contributed by atoms with van der Waals surface area (Å²) in [7, 11) is 0. The molecule has 1 amide bonds. The fourth-order valence-electron chi connectivity index (χ4n) is 10.2. The topological polar surface area (TPSA) is 106 Å². The first-order chi connectivity index (χ1) is 25.4. The van der Waals surface area contributed by atoms with Crippen LogP contribution in [0.25, 0.3) is 0 Å². The summed E-state index contributed by atoms with van der Waals surface area (Å²) >= 11 is 1.66. The smallest absolute Gasteiger partial charge is 0.248 e. The van der Waals surface area contributed by atoms with E-state index >= 15 is 0 Å². The van der Waals surface area contributed by atoms with Gasteiger partial charge in [-0.25, -0.2) is 8.78 Å². The first-order valence-corrected chi connectivity index (χ1v) is 21.3. The second-order valence-electron chi connectivity index (χ2n) is 17.3. The van der Waals surface area contributed by atoms with Crippen LogP contribution in [0.3, 0.4) is 0 Å². The Balaban J connectivity index is 0.000000212. The van der Waals surface area contributed by atoms with Crippen LogP contribution < -0.4 is 10.6 Å². The molecule has 0 aromatic carbocycles. The van der Waals surface area contributed by atoms with Crippen molar-refractivity contribution in [2.45, 2.75) is 185 Å². The number of thiophene rings is 1. The zero-order chi connectivity index (χ0) is 37.4. The van der Waals surface area contributed by atoms with Gasteiger partial charge in [0.25, 0.3) is 0 Å². The minimum absolute atomic E-state index is 0.0603. The maximum atomic E-state index is 13.6. The molecule has 5 aliphatic rings. The average molecular weight is 754 g/mol. The number of nitrogens with one attached hydrogen (secondary N) is 2. The fraction of sp³-hybridized carbons (Fsp3) is 0.775. The summed E-state index contributed by atoms with van der Waals surface area (Å²) in [6.07, 6.45) is 10.9. The molecule has 5 fully saturated rings. The Hall–Kier alpha value is -2.77. The fourth-order valence-corrected chi connectivity index (χ4v) is 11.0. The maximum Gasteiger partial charge on any atom is 0.248 e. The zero-order valence-electron chi connectivity index (χ0n) is 32.6. The van der Waals surface area contributed by atoms with Crippen molar-refractivity contribution in [2.75, 3.05) is 6.54 Å².